The minimum Gasteiger partial charge on any atom is -0.329 e. The molecule has 1 unspecified atom stereocenters. The van der Waals surface area contributed by atoms with Crippen molar-refractivity contribution in [2.75, 3.05) is 40.3 Å². The molecule has 11 heavy (non-hydrogen) atoms. The lowest BCUT2D eigenvalue weighted by Gasteiger charge is -2.40. The van der Waals surface area contributed by atoms with Crippen LogP contribution in [0.1, 0.15) is 6.42 Å². The highest BCUT2D eigenvalue weighted by Crippen LogP contribution is 2.14. The molecule has 0 aromatic rings. The Morgan fingerprint density at radius 1 is 1.55 bits per heavy atom. The van der Waals surface area contributed by atoms with E-state index in [1.807, 2.05) is 0 Å². The Bertz CT molecular complexity index is 112. The van der Waals surface area contributed by atoms with Crippen LogP contribution in [0, 0.1) is 0 Å². The van der Waals surface area contributed by atoms with Gasteiger partial charge in [-0.25, -0.2) is 0 Å². The molecule has 0 aromatic heterocycles. The molecule has 3 heteroatoms. The lowest BCUT2D eigenvalue weighted by atomic mass is 10.0. The summed E-state index contributed by atoms with van der Waals surface area (Å²) in [6, 6.07) is 0.676. The van der Waals surface area contributed by atoms with Gasteiger partial charge in [-0.1, -0.05) is 0 Å². The topological polar surface area (TPSA) is 32.5 Å². The number of nitrogens with two attached hydrogens (primary N) is 1. The van der Waals surface area contributed by atoms with Crippen LogP contribution in [0.5, 0.6) is 0 Å². The zero-order chi connectivity index (χ0) is 8.27. The third-order valence-corrected chi connectivity index (χ3v) is 2.37. The highest BCUT2D eigenvalue weighted by molar-refractivity contribution is 4.83. The SMILES string of the molecule is CN(C)CCN1CCC1CN. The van der Waals surface area contributed by atoms with E-state index in [9.17, 15) is 0 Å². The summed E-state index contributed by atoms with van der Waals surface area (Å²) < 4.78 is 0. The van der Waals surface area contributed by atoms with Crippen molar-refractivity contribution in [3.63, 3.8) is 0 Å². The van der Waals surface area contributed by atoms with Crippen molar-refractivity contribution in [1.82, 2.24) is 9.80 Å². The molecule has 66 valence electrons. The van der Waals surface area contributed by atoms with Crippen molar-refractivity contribution in [3.8, 4) is 0 Å². The smallest absolute Gasteiger partial charge is 0.0231 e. The van der Waals surface area contributed by atoms with Crippen molar-refractivity contribution >= 4 is 0 Å². The van der Waals surface area contributed by atoms with Crippen LogP contribution in [0.4, 0.5) is 0 Å². The first-order valence-electron chi connectivity index (χ1n) is 4.33. The van der Waals surface area contributed by atoms with Gasteiger partial charge in [-0.15, -0.1) is 0 Å². The van der Waals surface area contributed by atoms with E-state index in [-0.39, 0.29) is 0 Å². The van der Waals surface area contributed by atoms with E-state index >= 15 is 0 Å². The van der Waals surface area contributed by atoms with Gasteiger partial charge in [-0.3, -0.25) is 4.90 Å². The van der Waals surface area contributed by atoms with Gasteiger partial charge in [0.15, 0.2) is 0 Å². The summed E-state index contributed by atoms with van der Waals surface area (Å²) in [6.45, 7) is 4.40. The van der Waals surface area contributed by atoms with Crippen molar-refractivity contribution in [2.24, 2.45) is 5.73 Å². The second-order valence-corrected chi connectivity index (χ2v) is 3.52. The molecule has 0 bridgehead atoms. The highest BCUT2D eigenvalue weighted by Gasteiger charge is 2.25. The van der Waals surface area contributed by atoms with Crippen molar-refractivity contribution in [2.45, 2.75) is 12.5 Å². The van der Waals surface area contributed by atoms with Crippen molar-refractivity contribution in [1.29, 1.82) is 0 Å². The fourth-order valence-corrected chi connectivity index (χ4v) is 1.38. The molecule has 1 heterocycles. The van der Waals surface area contributed by atoms with E-state index < -0.39 is 0 Å². The summed E-state index contributed by atoms with van der Waals surface area (Å²) in [5.41, 5.74) is 5.58. The van der Waals surface area contributed by atoms with Crippen molar-refractivity contribution in [3.05, 3.63) is 0 Å². The molecule has 0 saturated carbocycles. The predicted molar refractivity (Wildman–Crippen MR) is 47.6 cm³/mol. The first-order valence-corrected chi connectivity index (χ1v) is 4.33. The molecule has 1 atom stereocenters. The fourth-order valence-electron chi connectivity index (χ4n) is 1.38. The molecular formula is C8H19N3. The number of rotatable bonds is 4. The Labute approximate surface area is 69.1 Å². The van der Waals surface area contributed by atoms with Crippen LogP contribution in [0.15, 0.2) is 0 Å². The molecule has 0 aliphatic carbocycles. The van der Waals surface area contributed by atoms with E-state index in [0.29, 0.717) is 6.04 Å². The lowest BCUT2D eigenvalue weighted by molar-refractivity contribution is 0.0883. The van der Waals surface area contributed by atoms with Gasteiger partial charge in [0.25, 0.3) is 0 Å². The van der Waals surface area contributed by atoms with E-state index in [2.05, 4.69) is 23.9 Å². The number of nitrogens with zero attached hydrogens (tertiary/aromatic N) is 2. The summed E-state index contributed by atoms with van der Waals surface area (Å²) in [7, 11) is 4.22. The summed E-state index contributed by atoms with van der Waals surface area (Å²) in [4.78, 5) is 4.67. The van der Waals surface area contributed by atoms with Crippen LogP contribution in [-0.4, -0.2) is 56.1 Å². The zero-order valence-corrected chi connectivity index (χ0v) is 7.58. The van der Waals surface area contributed by atoms with Gasteiger partial charge in [-0.05, 0) is 20.5 Å². The highest BCUT2D eigenvalue weighted by atomic mass is 15.2. The van der Waals surface area contributed by atoms with Crippen LogP contribution >= 0.6 is 0 Å². The molecule has 0 amide bonds. The van der Waals surface area contributed by atoms with Crippen LogP contribution < -0.4 is 5.73 Å². The average molecular weight is 157 g/mol. The Morgan fingerprint density at radius 3 is 2.64 bits per heavy atom. The quantitative estimate of drug-likeness (QED) is 0.601. The summed E-state index contributed by atoms with van der Waals surface area (Å²) in [6.07, 6.45) is 1.30. The van der Waals surface area contributed by atoms with Gasteiger partial charge >= 0.3 is 0 Å². The van der Waals surface area contributed by atoms with Gasteiger partial charge in [0, 0.05) is 32.2 Å². The molecule has 1 fully saturated rings. The molecule has 1 saturated heterocycles. The van der Waals surface area contributed by atoms with Crippen LogP contribution in [0.25, 0.3) is 0 Å². The second kappa shape index (κ2) is 4.04. The second-order valence-electron chi connectivity index (χ2n) is 3.52. The summed E-state index contributed by atoms with van der Waals surface area (Å²) in [5.74, 6) is 0. The molecule has 0 radical (unpaired) electrons. The van der Waals surface area contributed by atoms with Gasteiger partial charge in [0.1, 0.15) is 0 Å². The molecule has 0 spiro atoms. The third-order valence-electron chi connectivity index (χ3n) is 2.37. The standard InChI is InChI=1S/C8H19N3/c1-10(2)5-6-11-4-3-8(11)7-9/h8H,3-7,9H2,1-2H3. The van der Waals surface area contributed by atoms with Crippen LogP contribution in [0.3, 0.4) is 0 Å². The molecule has 2 N–H and O–H groups in total. The largest absolute Gasteiger partial charge is 0.329 e. The minimum absolute atomic E-state index is 0.676. The van der Waals surface area contributed by atoms with Crippen molar-refractivity contribution < 1.29 is 0 Å². The minimum atomic E-state index is 0.676. The number of hydrogen-bond donors (Lipinski definition) is 1. The Hall–Kier alpha value is -0.120. The zero-order valence-electron chi connectivity index (χ0n) is 7.58. The fraction of sp³-hybridized carbons (Fsp3) is 1.00. The average Bonchev–Trinajstić information content (AvgIpc) is 1.86. The van der Waals surface area contributed by atoms with E-state index in [0.717, 1.165) is 13.1 Å². The molecule has 1 rings (SSSR count). The summed E-state index contributed by atoms with van der Waals surface area (Å²) >= 11 is 0. The molecule has 3 nitrogen and oxygen atoms in total. The Balaban J connectivity index is 2.07. The van der Waals surface area contributed by atoms with Gasteiger partial charge in [0.05, 0.1) is 0 Å². The lowest BCUT2D eigenvalue weighted by Crippen LogP contribution is -2.53. The normalized spacial score (nSPS) is 25.6. The Morgan fingerprint density at radius 2 is 2.27 bits per heavy atom. The van der Waals surface area contributed by atoms with Crippen LogP contribution in [0.2, 0.25) is 0 Å². The maximum atomic E-state index is 5.58. The molecule has 1 aliphatic heterocycles. The first-order chi connectivity index (χ1) is 5.24. The molecule has 1 aliphatic rings. The maximum absolute atomic E-state index is 5.58. The molecule has 0 aromatic carbocycles. The number of hydrogen-bond acceptors (Lipinski definition) is 3. The predicted octanol–water partition coefficient (Wildman–Crippen LogP) is -0.419. The third kappa shape index (κ3) is 2.43. The van der Waals surface area contributed by atoms with Crippen LogP contribution in [-0.2, 0) is 0 Å². The number of likely N-dealkylation sites (N-methyl/N-ethyl adjacent to an activating group) is 1. The van der Waals surface area contributed by atoms with Gasteiger partial charge in [0.2, 0.25) is 0 Å². The van der Waals surface area contributed by atoms with E-state index in [1.54, 1.807) is 0 Å². The monoisotopic (exact) mass is 157 g/mol. The van der Waals surface area contributed by atoms with E-state index in [4.69, 9.17) is 5.73 Å². The Kier molecular flexibility index (Phi) is 3.30. The first kappa shape index (κ1) is 8.97. The van der Waals surface area contributed by atoms with E-state index in [1.165, 1.54) is 19.5 Å². The molecular weight excluding hydrogens is 138 g/mol. The van der Waals surface area contributed by atoms with Gasteiger partial charge < -0.3 is 10.6 Å². The number of likely N-dealkylation sites (tertiary alicyclic amines) is 1. The maximum Gasteiger partial charge on any atom is 0.0231 e. The summed E-state index contributed by atoms with van der Waals surface area (Å²) in [5, 5.41) is 0. The van der Waals surface area contributed by atoms with Gasteiger partial charge in [-0.2, -0.15) is 0 Å².